The van der Waals surface area contributed by atoms with Crippen molar-refractivity contribution in [1.82, 2.24) is 9.97 Å². The van der Waals surface area contributed by atoms with E-state index in [1.54, 1.807) is 6.92 Å². The minimum absolute atomic E-state index is 0.383. The lowest BCUT2D eigenvalue weighted by molar-refractivity contribution is -0.386. The predicted octanol–water partition coefficient (Wildman–Crippen LogP) is 1.45. The summed E-state index contributed by atoms with van der Waals surface area (Å²) in [6.45, 7) is 3.62. The number of nitrogens with zero attached hydrogens (tertiary/aromatic N) is 2. The summed E-state index contributed by atoms with van der Waals surface area (Å²) in [6, 6.07) is 3.07. The molecule has 0 saturated carbocycles. The third kappa shape index (κ3) is 1.54. The first-order valence-corrected chi connectivity index (χ1v) is 4.64. The molecule has 2 aromatic rings. The first-order chi connectivity index (χ1) is 7.49. The van der Waals surface area contributed by atoms with E-state index in [9.17, 15) is 14.9 Å². The number of nitro groups is 1. The number of hydrogen-bond acceptors (Lipinski definition) is 4. The molecule has 6 nitrogen and oxygen atoms in total. The number of fused-ring (bicyclic) bond motifs is 1. The fraction of sp³-hybridized carbons (Fsp3) is 0.200. The van der Waals surface area contributed by atoms with Gasteiger partial charge in [-0.1, -0.05) is 0 Å². The van der Waals surface area contributed by atoms with E-state index in [2.05, 4.69) is 9.97 Å². The van der Waals surface area contributed by atoms with Gasteiger partial charge in [0.15, 0.2) is 0 Å². The van der Waals surface area contributed by atoms with Crippen molar-refractivity contribution in [2.45, 2.75) is 13.8 Å². The minimum Gasteiger partial charge on any atom is -0.301 e. The molecule has 82 valence electrons. The summed E-state index contributed by atoms with van der Waals surface area (Å²) in [6.07, 6.45) is 0. The van der Waals surface area contributed by atoms with E-state index in [1.165, 1.54) is 6.07 Å². The van der Waals surface area contributed by atoms with Crippen LogP contribution in [0.4, 0.5) is 5.69 Å². The van der Waals surface area contributed by atoms with Gasteiger partial charge in [0.2, 0.25) is 0 Å². The summed E-state index contributed by atoms with van der Waals surface area (Å²) in [7, 11) is 0. The maximum Gasteiger partial charge on any atom is 0.334 e. The van der Waals surface area contributed by atoms with Crippen LogP contribution in [0.3, 0.4) is 0 Å². The van der Waals surface area contributed by atoms with Crippen LogP contribution in [0.25, 0.3) is 11.0 Å². The number of hydrogen-bond donors (Lipinski definition) is 1. The molecule has 0 amide bonds. The van der Waals surface area contributed by atoms with Gasteiger partial charge in [-0.2, -0.15) is 0 Å². The SMILES string of the molecule is Cc1cc(C)c2cc([N+](=O)[O-])c(=O)[nH]c2n1. The highest BCUT2D eigenvalue weighted by Gasteiger charge is 2.14. The molecule has 0 atom stereocenters. The predicted molar refractivity (Wildman–Crippen MR) is 58.5 cm³/mol. The molecule has 0 bridgehead atoms. The molecule has 2 aromatic heterocycles. The molecule has 0 saturated heterocycles. The standard InChI is InChI=1S/C10H9N3O3/c1-5-3-6(2)11-9-7(5)4-8(13(15)16)10(14)12-9/h3-4H,1-2H3,(H,11,12,14). The van der Waals surface area contributed by atoms with Crippen LogP contribution in [-0.4, -0.2) is 14.9 Å². The molecule has 2 heterocycles. The van der Waals surface area contributed by atoms with E-state index < -0.39 is 16.2 Å². The first-order valence-electron chi connectivity index (χ1n) is 4.64. The van der Waals surface area contributed by atoms with Crippen molar-refractivity contribution >= 4 is 16.7 Å². The second kappa shape index (κ2) is 3.41. The van der Waals surface area contributed by atoms with Crippen molar-refractivity contribution in [2.75, 3.05) is 0 Å². The molecule has 0 aromatic carbocycles. The van der Waals surface area contributed by atoms with Crippen LogP contribution >= 0.6 is 0 Å². The summed E-state index contributed by atoms with van der Waals surface area (Å²) in [5, 5.41) is 11.2. The lowest BCUT2D eigenvalue weighted by atomic mass is 10.1. The van der Waals surface area contributed by atoms with Crippen molar-refractivity contribution in [2.24, 2.45) is 0 Å². The number of rotatable bonds is 1. The average Bonchev–Trinajstić information content (AvgIpc) is 2.15. The molecule has 0 aliphatic rings. The Balaban J connectivity index is 2.90. The van der Waals surface area contributed by atoms with E-state index in [1.807, 2.05) is 13.0 Å². The number of H-pyrrole nitrogens is 1. The van der Waals surface area contributed by atoms with Gasteiger partial charge < -0.3 is 4.98 Å². The van der Waals surface area contributed by atoms with Crippen molar-refractivity contribution in [3.8, 4) is 0 Å². The smallest absolute Gasteiger partial charge is 0.301 e. The maximum atomic E-state index is 11.4. The summed E-state index contributed by atoms with van der Waals surface area (Å²) >= 11 is 0. The van der Waals surface area contributed by atoms with Gasteiger partial charge in [0.25, 0.3) is 0 Å². The highest BCUT2D eigenvalue weighted by Crippen LogP contribution is 2.17. The summed E-state index contributed by atoms with van der Waals surface area (Å²) in [5.74, 6) is 0. The molecule has 0 aliphatic carbocycles. The average molecular weight is 219 g/mol. The highest BCUT2D eigenvalue weighted by atomic mass is 16.6. The Kier molecular flexibility index (Phi) is 2.19. The maximum absolute atomic E-state index is 11.4. The molecule has 2 rings (SSSR count). The van der Waals surface area contributed by atoms with Crippen molar-refractivity contribution in [3.63, 3.8) is 0 Å². The van der Waals surface area contributed by atoms with Crippen molar-refractivity contribution in [1.29, 1.82) is 0 Å². The number of aryl methyl sites for hydroxylation is 2. The van der Waals surface area contributed by atoms with Gasteiger partial charge >= 0.3 is 11.2 Å². The Morgan fingerprint density at radius 3 is 2.69 bits per heavy atom. The molecule has 0 fully saturated rings. The van der Waals surface area contributed by atoms with Crippen LogP contribution < -0.4 is 5.56 Å². The Bertz CT molecular complexity index is 646. The summed E-state index contributed by atoms with van der Waals surface area (Å²) in [5.41, 5.74) is 0.806. The fourth-order valence-corrected chi connectivity index (χ4v) is 1.63. The van der Waals surface area contributed by atoms with E-state index in [0.29, 0.717) is 11.0 Å². The minimum atomic E-state index is -0.727. The number of aromatic nitrogens is 2. The molecule has 16 heavy (non-hydrogen) atoms. The molecule has 1 N–H and O–H groups in total. The van der Waals surface area contributed by atoms with Gasteiger partial charge in [0.05, 0.1) is 4.92 Å². The Labute approximate surface area is 90.1 Å². The quantitative estimate of drug-likeness (QED) is 0.580. The normalized spacial score (nSPS) is 10.6. The topological polar surface area (TPSA) is 88.9 Å². The van der Waals surface area contributed by atoms with Crippen LogP contribution in [0.2, 0.25) is 0 Å². The Morgan fingerprint density at radius 2 is 2.06 bits per heavy atom. The number of aromatic amines is 1. The summed E-state index contributed by atoms with van der Waals surface area (Å²) < 4.78 is 0. The second-order valence-corrected chi connectivity index (χ2v) is 3.58. The molecule has 0 aliphatic heterocycles. The van der Waals surface area contributed by atoms with Crippen LogP contribution in [0.5, 0.6) is 0 Å². The lowest BCUT2D eigenvalue weighted by Gasteiger charge is -2.02. The summed E-state index contributed by atoms with van der Waals surface area (Å²) in [4.78, 5) is 27.8. The van der Waals surface area contributed by atoms with Crippen LogP contribution in [0.1, 0.15) is 11.3 Å². The lowest BCUT2D eigenvalue weighted by Crippen LogP contribution is -2.12. The Hall–Kier alpha value is -2.24. The third-order valence-corrected chi connectivity index (χ3v) is 2.34. The molecule has 0 unspecified atom stereocenters. The zero-order chi connectivity index (χ0) is 11.9. The second-order valence-electron chi connectivity index (χ2n) is 3.58. The monoisotopic (exact) mass is 219 g/mol. The molecule has 6 heteroatoms. The molecular weight excluding hydrogens is 210 g/mol. The third-order valence-electron chi connectivity index (χ3n) is 2.34. The van der Waals surface area contributed by atoms with Crippen molar-refractivity contribution in [3.05, 3.63) is 43.9 Å². The van der Waals surface area contributed by atoms with Crippen LogP contribution in [0.15, 0.2) is 16.9 Å². The van der Waals surface area contributed by atoms with E-state index in [4.69, 9.17) is 0 Å². The van der Waals surface area contributed by atoms with Crippen LogP contribution in [0, 0.1) is 24.0 Å². The Morgan fingerprint density at radius 1 is 1.38 bits per heavy atom. The largest absolute Gasteiger partial charge is 0.334 e. The zero-order valence-corrected chi connectivity index (χ0v) is 8.77. The number of nitrogens with one attached hydrogen (secondary N) is 1. The van der Waals surface area contributed by atoms with Gasteiger partial charge in [0, 0.05) is 17.1 Å². The van der Waals surface area contributed by atoms with E-state index in [-0.39, 0.29) is 0 Å². The van der Waals surface area contributed by atoms with Gasteiger partial charge in [-0.25, -0.2) is 4.98 Å². The van der Waals surface area contributed by atoms with Crippen LogP contribution in [-0.2, 0) is 0 Å². The molecule has 0 radical (unpaired) electrons. The molecular formula is C10H9N3O3. The van der Waals surface area contributed by atoms with Gasteiger partial charge in [-0.05, 0) is 25.5 Å². The first kappa shape index (κ1) is 10.3. The fourth-order valence-electron chi connectivity index (χ4n) is 1.63. The van der Waals surface area contributed by atoms with E-state index in [0.717, 1.165) is 11.3 Å². The number of pyridine rings is 2. The van der Waals surface area contributed by atoms with Crippen molar-refractivity contribution < 1.29 is 4.92 Å². The van der Waals surface area contributed by atoms with E-state index >= 15 is 0 Å². The highest BCUT2D eigenvalue weighted by molar-refractivity contribution is 5.80. The van der Waals surface area contributed by atoms with Gasteiger partial charge in [-0.15, -0.1) is 0 Å². The molecule has 0 spiro atoms. The van der Waals surface area contributed by atoms with Gasteiger partial charge in [-0.3, -0.25) is 14.9 Å². The zero-order valence-electron chi connectivity index (χ0n) is 8.77. The van der Waals surface area contributed by atoms with Gasteiger partial charge in [0.1, 0.15) is 5.65 Å².